The molecule has 3 N–H and O–H groups in total. The minimum absolute atomic E-state index is 0.106. The zero-order valence-electron chi connectivity index (χ0n) is 33.5. The second-order valence-electron chi connectivity index (χ2n) is 16.4. The average Bonchev–Trinajstić information content (AvgIpc) is 3.80. The second-order valence-corrected chi connectivity index (χ2v) is 16.4. The van der Waals surface area contributed by atoms with E-state index in [0.29, 0.717) is 23.8 Å². The number of carbonyl (C=O) groups is 3. The molecule has 2 fully saturated rings. The molecule has 3 amide bonds. The van der Waals surface area contributed by atoms with Crippen molar-refractivity contribution in [3.05, 3.63) is 105 Å². The van der Waals surface area contributed by atoms with Crippen molar-refractivity contribution >= 4 is 39.7 Å². The Morgan fingerprint density at radius 2 is 1.79 bits per heavy atom. The summed E-state index contributed by atoms with van der Waals surface area (Å²) in [7, 11) is 1.71. The Morgan fingerprint density at radius 3 is 2.59 bits per heavy atom. The van der Waals surface area contributed by atoms with Gasteiger partial charge >= 0.3 is 5.69 Å². The summed E-state index contributed by atoms with van der Waals surface area (Å²) in [5.41, 5.74) is 5.36. The Labute approximate surface area is 347 Å². The van der Waals surface area contributed by atoms with Crippen LogP contribution in [0.25, 0.3) is 33.3 Å². The zero-order chi connectivity index (χ0) is 42.5. The molecule has 5 heterocycles. The van der Waals surface area contributed by atoms with Gasteiger partial charge in [-0.2, -0.15) is 9.49 Å². The monoisotopic (exact) mass is 835 g/mol. The zero-order valence-corrected chi connectivity index (χ0v) is 33.5. The highest BCUT2D eigenvalue weighted by Crippen LogP contribution is 2.34. The predicted octanol–water partition coefficient (Wildman–Crippen LogP) is 5.40. The highest BCUT2D eigenvalue weighted by Gasteiger charge is 2.32. The Balaban J connectivity index is 0.776. The van der Waals surface area contributed by atoms with Crippen molar-refractivity contribution in [2.45, 2.75) is 76.4 Å². The average molecular weight is 836 g/mol. The van der Waals surface area contributed by atoms with E-state index in [0.717, 1.165) is 103 Å². The van der Waals surface area contributed by atoms with E-state index >= 15 is 0 Å². The summed E-state index contributed by atoms with van der Waals surface area (Å²) in [6.07, 6.45) is 10.2. The van der Waals surface area contributed by atoms with Crippen LogP contribution in [0.5, 0.6) is 5.75 Å². The van der Waals surface area contributed by atoms with E-state index in [1.807, 2.05) is 53.5 Å². The SMILES string of the molecule is Cn1c(=O)n([C@@H]2CCC(=O)NC2=O)c2ccc(CCCN3CCc4nc(-c5ccc6cn(C7CCC(CNC(=O)c8cc(F)c(O)c(F)c8F)CC7)nc6c5)ncc4C3)cc21. The van der Waals surface area contributed by atoms with Crippen LogP contribution < -0.4 is 16.3 Å². The second kappa shape index (κ2) is 16.2. The summed E-state index contributed by atoms with van der Waals surface area (Å²) in [6, 6.07) is 11.9. The van der Waals surface area contributed by atoms with E-state index in [-0.39, 0.29) is 36.5 Å². The molecule has 1 saturated carbocycles. The van der Waals surface area contributed by atoms with Gasteiger partial charge in [0.1, 0.15) is 6.04 Å². The molecule has 316 valence electrons. The van der Waals surface area contributed by atoms with Crippen molar-refractivity contribution in [3.63, 3.8) is 0 Å². The number of hydrogen-bond acceptors (Lipinski definition) is 9. The number of fused-ring (bicyclic) bond motifs is 3. The molecule has 14 nitrogen and oxygen atoms in total. The number of hydrogen-bond donors (Lipinski definition) is 3. The summed E-state index contributed by atoms with van der Waals surface area (Å²) in [4.78, 5) is 62.0. The normalized spacial score (nSPS) is 19.6. The number of aryl methyl sites for hydroxylation is 2. The number of nitrogens with one attached hydrogen (secondary N) is 2. The van der Waals surface area contributed by atoms with Crippen LogP contribution in [0.4, 0.5) is 13.2 Å². The summed E-state index contributed by atoms with van der Waals surface area (Å²) in [5, 5.41) is 20.1. The van der Waals surface area contributed by atoms with E-state index in [1.165, 1.54) is 4.57 Å². The number of aromatic hydroxyl groups is 1. The third-order valence-corrected chi connectivity index (χ3v) is 12.5. The van der Waals surface area contributed by atoms with Crippen molar-refractivity contribution in [2.75, 3.05) is 19.6 Å². The molecule has 9 rings (SSSR count). The molecule has 61 heavy (non-hydrogen) atoms. The molecule has 3 aliphatic rings. The summed E-state index contributed by atoms with van der Waals surface area (Å²) < 4.78 is 46.7. The molecule has 0 bridgehead atoms. The number of piperidine rings is 1. The molecule has 1 saturated heterocycles. The van der Waals surface area contributed by atoms with Crippen molar-refractivity contribution in [3.8, 4) is 17.1 Å². The van der Waals surface area contributed by atoms with Crippen LogP contribution in [-0.4, -0.2) is 76.2 Å². The number of rotatable bonds is 10. The number of imidazole rings is 1. The van der Waals surface area contributed by atoms with Crippen molar-refractivity contribution < 1.29 is 32.7 Å². The highest BCUT2D eigenvalue weighted by atomic mass is 19.2. The van der Waals surface area contributed by atoms with Crippen molar-refractivity contribution in [1.29, 1.82) is 0 Å². The topological polar surface area (TPSA) is 169 Å². The van der Waals surface area contributed by atoms with Gasteiger partial charge in [-0.05, 0) is 87.2 Å². The number of nitrogens with zero attached hydrogens (tertiary/aromatic N) is 7. The van der Waals surface area contributed by atoms with Crippen LogP contribution in [0.15, 0.2) is 59.7 Å². The first-order valence-corrected chi connectivity index (χ1v) is 20.7. The fourth-order valence-electron chi connectivity index (χ4n) is 9.06. The Hall–Kier alpha value is -6.36. The van der Waals surface area contributed by atoms with Crippen LogP contribution in [0.3, 0.4) is 0 Å². The minimum Gasteiger partial charge on any atom is -0.503 e. The van der Waals surface area contributed by atoms with Crippen LogP contribution >= 0.6 is 0 Å². The summed E-state index contributed by atoms with van der Waals surface area (Å²) in [6.45, 7) is 2.75. The van der Waals surface area contributed by atoms with E-state index in [4.69, 9.17) is 15.1 Å². The van der Waals surface area contributed by atoms with Gasteiger partial charge in [0.25, 0.3) is 5.91 Å². The Kier molecular flexibility index (Phi) is 10.7. The number of phenolic OH excluding ortho intramolecular Hbond substituents is 1. The molecule has 1 aliphatic carbocycles. The smallest absolute Gasteiger partial charge is 0.329 e. The molecule has 3 aromatic heterocycles. The van der Waals surface area contributed by atoms with Gasteiger partial charge in [-0.3, -0.25) is 38.4 Å². The molecule has 3 aromatic carbocycles. The standard InChI is InChI=1S/C44H44F3N9O5/c1-53-36-17-24(6-11-34(36)56(44(53)61)35-12-13-37(57)51-43(35)60)3-2-15-54-16-14-32-28(22-54)21-48-41(50-32)26-7-8-27-23-55(52-33(27)18-26)29-9-4-25(5-10-29)20-49-42(59)30-19-31(45)40(58)39(47)38(30)46/h6-8,11,17-19,21,23,25,29,35,58H,2-5,9-10,12-16,20,22H2,1H3,(H,49,59)(H,51,57,60)/t25?,29?,35-/m1/s1. The van der Waals surface area contributed by atoms with E-state index in [2.05, 4.69) is 15.5 Å². The van der Waals surface area contributed by atoms with Gasteiger partial charge in [-0.15, -0.1) is 0 Å². The molecule has 0 radical (unpaired) electrons. The Bertz CT molecular complexity index is 2790. The number of amides is 3. The van der Waals surface area contributed by atoms with Gasteiger partial charge in [0.2, 0.25) is 17.6 Å². The molecule has 17 heteroatoms. The van der Waals surface area contributed by atoms with Crippen molar-refractivity contribution in [2.24, 2.45) is 13.0 Å². The molecular formula is C44H44F3N9O5. The predicted molar refractivity (Wildman–Crippen MR) is 218 cm³/mol. The van der Waals surface area contributed by atoms with Gasteiger partial charge in [-0.1, -0.05) is 18.2 Å². The number of halogens is 3. The number of aromatic nitrogens is 6. The maximum atomic E-state index is 14.2. The first-order valence-electron chi connectivity index (χ1n) is 20.7. The van der Waals surface area contributed by atoms with Crippen LogP contribution in [-0.2, 0) is 36.0 Å². The fourth-order valence-corrected chi connectivity index (χ4v) is 9.06. The van der Waals surface area contributed by atoms with E-state index in [9.17, 15) is 37.5 Å². The first-order chi connectivity index (χ1) is 29.4. The molecular weight excluding hydrogens is 792 g/mol. The molecule has 0 unspecified atom stereocenters. The lowest BCUT2D eigenvalue weighted by Gasteiger charge is -2.28. The largest absolute Gasteiger partial charge is 0.503 e. The number of carbonyl (C=O) groups excluding carboxylic acids is 3. The minimum atomic E-state index is -1.79. The third kappa shape index (κ3) is 7.77. The van der Waals surface area contributed by atoms with Crippen LogP contribution in [0.1, 0.15) is 84.2 Å². The van der Waals surface area contributed by atoms with E-state index in [1.54, 1.807) is 11.6 Å². The maximum absolute atomic E-state index is 14.2. The lowest BCUT2D eigenvalue weighted by atomic mass is 9.86. The van der Waals surface area contributed by atoms with Crippen LogP contribution in [0.2, 0.25) is 0 Å². The van der Waals surface area contributed by atoms with Gasteiger partial charge in [0.05, 0.1) is 33.8 Å². The van der Waals surface area contributed by atoms with Crippen LogP contribution in [0, 0.1) is 23.4 Å². The van der Waals surface area contributed by atoms with Gasteiger partial charge in [0.15, 0.2) is 23.2 Å². The molecule has 2 aliphatic heterocycles. The van der Waals surface area contributed by atoms with Gasteiger partial charge in [-0.25, -0.2) is 23.5 Å². The molecule has 0 spiro atoms. The third-order valence-electron chi connectivity index (χ3n) is 12.5. The molecule has 6 aromatic rings. The first kappa shape index (κ1) is 40.1. The summed E-state index contributed by atoms with van der Waals surface area (Å²) >= 11 is 0. The maximum Gasteiger partial charge on any atom is 0.329 e. The Morgan fingerprint density at radius 1 is 0.967 bits per heavy atom. The highest BCUT2D eigenvalue weighted by molar-refractivity contribution is 6.00. The number of imide groups is 1. The summed E-state index contributed by atoms with van der Waals surface area (Å²) in [5.74, 6) is -7.16. The lowest BCUT2D eigenvalue weighted by molar-refractivity contribution is -0.135. The number of benzene rings is 3. The quantitative estimate of drug-likeness (QED) is 0.121. The van der Waals surface area contributed by atoms with Gasteiger partial charge < -0.3 is 10.4 Å². The van der Waals surface area contributed by atoms with Crippen molar-refractivity contribution in [1.82, 2.24) is 44.4 Å². The van der Waals surface area contributed by atoms with Gasteiger partial charge in [0, 0.05) is 68.4 Å². The lowest BCUT2D eigenvalue weighted by Crippen LogP contribution is -2.44. The van der Waals surface area contributed by atoms with E-state index < -0.39 is 46.6 Å². The number of phenols is 1. The molecule has 1 atom stereocenters. The fraction of sp³-hybridized carbons (Fsp3) is 0.386.